The molecule has 14 heavy (non-hydrogen) atoms. The van der Waals surface area contributed by atoms with Gasteiger partial charge < -0.3 is 9.84 Å². The molecule has 1 aliphatic rings. The summed E-state index contributed by atoms with van der Waals surface area (Å²) in [6.07, 6.45) is 3.80. The van der Waals surface area contributed by atoms with E-state index in [-0.39, 0.29) is 11.9 Å². The predicted molar refractivity (Wildman–Crippen MR) is 57.6 cm³/mol. The minimum Gasteiger partial charge on any atom is -0.481 e. The quantitative estimate of drug-likeness (QED) is 0.758. The zero-order valence-corrected chi connectivity index (χ0v) is 8.75. The fraction of sp³-hybridized carbons (Fsp3) is 0.273. The van der Waals surface area contributed by atoms with E-state index in [0.717, 1.165) is 0 Å². The lowest BCUT2D eigenvalue weighted by molar-refractivity contribution is 0.115. The fourth-order valence-corrected chi connectivity index (χ4v) is 1.90. The van der Waals surface area contributed by atoms with Crippen LogP contribution >= 0.6 is 11.8 Å². The van der Waals surface area contributed by atoms with Gasteiger partial charge in [0.25, 0.3) is 5.95 Å². The number of aliphatic hydroxyl groups is 1. The lowest BCUT2D eigenvalue weighted by Gasteiger charge is -2.06. The lowest BCUT2D eigenvalue weighted by Crippen LogP contribution is -1.96. The molecule has 0 saturated carbocycles. The van der Waals surface area contributed by atoms with E-state index < -0.39 is 0 Å². The summed E-state index contributed by atoms with van der Waals surface area (Å²) in [5.41, 5.74) is 1.19. The monoisotopic (exact) mass is 208 g/mol. The summed E-state index contributed by atoms with van der Waals surface area (Å²) < 4.78 is 4.99. The van der Waals surface area contributed by atoms with Gasteiger partial charge in [-0.25, -0.2) is 0 Å². The van der Waals surface area contributed by atoms with Crippen molar-refractivity contribution in [3.63, 3.8) is 0 Å². The van der Waals surface area contributed by atoms with Crippen molar-refractivity contribution in [1.82, 2.24) is 0 Å². The van der Waals surface area contributed by atoms with Crippen LogP contribution in [0.2, 0.25) is 0 Å². The average molecular weight is 208 g/mol. The van der Waals surface area contributed by atoms with Crippen LogP contribution in [-0.4, -0.2) is 18.0 Å². The molecular weight excluding hydrogens is 196 g/mol. The zero-order valence-electron chi connectivity index (χ0n) is 7.93. The van der Waals surface area contributed by atoms with Gasteiger partial charge in [-0.2, -0.15) is 0 Å². The van der Waals surface area contributed by atoms with E-state index in [9.17, 15) is 0 Å². The third kappa shape index (κ3) is 1.87. The summed E-state index contributed by atoms with van der Waals surface area (Å²) in [5, 5.41) is 9.10. The molecule has 1 heterocycles. The van der Waals surface area contributed by atoms with Crippen molar-refractivity contribution in [1.29, 1.82) is 0 Å². The predicted octanol–water partition coefficient (Wildman–Crippen LogP) is 2.92. The second-order valence-corrected chi connectivity index (χ2v) is 4.08. The highest BCUT2D eigenvalue weighted by Gasteiger charge is 2.17. The molecular formula is C11H12O2S. The van der Waals surface area contributed by atoms with Crippen LogP contribution in [0.15, 0.2) is 41.2 Å². The van der Waals surface area contributed by atoms with Crippen LogP contribution in [-0.2, 0) is 4.74 Å². The molecule has 1 N–H and O–H groups in total. The standard InChI is InChI=1S/C11H12O2S/c1-14-10-4-2-8(3-5-10)9-6-11(12)13-7-9/h2-6,9,12H,7H2,1H3. The van der Waals surface area contributed by atoms with Crippen molar-refractivity contribution in [2.45, 2.75) is 10.8 Å². The first-order valence-electron chi connectivity index (χ1n) is 4.47. The molecule has 0 fully saturated rings. The molecule has 2 rings (SSSR count). The Labute approximate surface area is 87.6 Å². The number of ether oxygens (including phenoxy) is 1. The molecule has 0 aromatic heterocycles. The molecule has 1 aromatic carbocycles. The maximum atomic E-state index is 9.10. The Balaban J connectivity index is 2.17. The third-order valence-electron chi connectivity index (χ3n) is 2.30. The number of thioether (sulfide) groups is 1. The Bertz CT molecular complexity index is 343. The Morgan fingerprint density at radius 2 is 2.07 bits per heavy atom. The molecule has 0 bridgehead atoms. The van der Waals surface area contributed by atoms with Crippen LogP contribution in [0.25, 0.3) is 0 Å². The van der Waals surface area contributed by atoms with Crippen LogP contribution in [0.4, 0.5) is 0 Å². The number of rotatable bonds is 2. The molecule has 0 spiro atoms. The van der Waals surface area contributed by atoms with Gasteiger partial charge >= 0.3 is 0 Å². The van der Waals surface area contributed by atoms with Crippen LogP contribution in [0.5, 0.6) is 0 Å². The van der Waals surface area contributed by atoms with Crippen molar-refractivity contribution >= 4 is 11.8 Å². The first kappa shape index (κ1) is 9.46. The van der Waals surface area contributed by atoms with Gasteiger partial charge in [-0.1, -0.05) is 12.1 Å². The number of benzene rings is 1. The van der Waals surface area contributed by atoms with Crippen molar-refractivity contribution < 1.29 is 9.84 Å². The topological polar surface area (TPSA) is 29.5 Å². The van der Waals surface area contributed by atoms with E-state index in [4.69, 9.17) is 9.84 Å². The van der Waals surface area contributed by atoms with E-state index in [0.29, 0.717) is 6.61 Å². The zero-order chi connectivity index (χ0) is 9.97. The van der Waals surface area contributed by atoms with Crippen molar-refractivity contribution in [2.75, 3.05) is 12.9 Å². The summed E-state index contributed by atoms with van der Waals surface area (Å²) in [6.45, 7) is 0.546. The highest BCUT2D eigenvalue weighted by Crippen LogP contribution is 2.26. The van der Waals surface area contributed by atoms with Gasteiger partial charge in [0.15, 0.2) is 0 Å². The van der Waals surface area contributed by atoms with Crippen molar-refractivity contribution in [3.05, 3.63) is 41.9 Å². The van der Waals surface area contributed by atoms with E-state index in [2.05, 4.69) is 30.5 Å². The molecule has 1 aliphatic heterocycles. The van der Waals surface area contributed by atoms with E-state index in [1.54, 1.807) is 17.8 Å². The summed E-state index contributed by atoms with van der Waals surface area (Å²) in [7, 11) is 0. The van der Waals surface area contributed by atoms with E-state index in [1.807, 2.05) is 0 Å². The molecule has 2 nitrogen and oxygen atoms in total. The Morgan fingerprint density at radius 3 is 2.57 bits per heavy atom. The minimum absolute atomic E-state index is 0.0453. The smallest absolute Gasteiger partial charge is 0.273 e. The second kappa shape index (κ2) is 3.96. The Hall–Kier alpha value is -1.09. The first-order chi connectivity index (χ1) is 6.79. The summed E-state index contributed by atoms with van der Waals surface area (Å²) >= 11 is 1.72. The molecule has 0 saturated heterocycles. The Morgan fingerprint density at radius 1 is 1.36 bits per heavy atom. The summed E-state index contributed by atoms with van der Waals surface area (Å²) in [4.78, 5) is 1.25. The van der Waals surface area contributed by atoms with Gasteiger partial charge in [-0.15, -0.1) is 11.8 Å². The number of aliphatic hydroxyl groups excluding tert-OH is 1. The van der Waals surface area contributed by atoms with Gasteiger partial charge in [-0.3, -0.25) is 0 Å². The average Bonchev–Trinajstić information content (AvgIpc) is 2.65. The minimum atomic E-state index is 0.0453. The van der Waals surface area contributed by atoms with Crippen LogP contribution in [0, 0.1) is 0 Å². The van der Waals surface area contributed by atoms with Gasteiger partial charge in [0.05, 0.1) is 0 Å². The SMILES string of the molecule is CSc1ccc(C2C=C(O)OC2)cc1. The van der Waals surface area contributed by atoms with Gasteiger partial charge in [0.1, 0.15) is 6.61 Å². The Kier molecular flexibility index (Phi) is 2.68. The normalized spacial score (nSPS) is 20.4. The molecule has 1 atom stereocenters. The number of hydrogen-bond donors (Lipinski definition) is 1. The fourth-order valence-electron chi connectivity index (χ4n) is 1.49. The molecule has 74 valence electrons. The molecule has 0 radical (unpaired) electrons. The maximum Gasteiger partial charge on any atom is 0.273 e. The third-order valence-corrected chi connectivity index (χ3v) is 3.04. The largest absolute Gasteiger partial charge is 0.481 e. The van der Waals surface area contributed by atoms with Crippen molar-refractivity contribution in [2.24, 2.45) is 0 Å². The molecule has 0 amide bonds. The number of hydrogen-bond acceptors (Lipinski definition) is 3. The van der Waals surface area contributed by atoms with Crippen LogP contribution < -0.4 is 0 Å². The van der Waals surface area contributed by atoms with Gasteiger partial charge in [0.2, 0.25) is 0 Å². The lowest BCUT2D eigenvalue weighted by atomic mass is 10.0. The maximum absolute atomic E-state index is 9.10. The molecule has 1 aromatic rings. The highest BCUT2D eigenvalue weighted by atomic mass is 32.2. The van der Waals surface area contributed by atoms with Crippen LogP contribution in [0.3, 0.4) is 0 Å². The molecule has 0 aliphatic carbocycles. The van der Waals surface area contributed by atoms with Gasteiger partial charge in [0, 0.05) is 16.9 Å². The molecule has 3 heteroatoms. The summed E-state index contributed by atoms with van der Waals surface area (Å²) in [5.74, 6) is 0.245. The first-order valence-corrected chi connectivity index (χ1v) is 5.69. The summed E-state index contributed by atoms with van der Waals surface area (Å²) in [6, 6.07) is 8.33. The van der Waals surface area contributed by atoms with Crippen molar-refractivity contribution in [3.8, 4) is 0 Å². The van der Waals surface area contributed by atoms with Gasteiger partial charge in [-0.05, 0) is 24.0 Å². The second-order valence-electron chi connectivity index (χ2n) is 3.20. The van der Waals surface area contributed by atoms with E-state index in [1.165, 1.54) is 10.5 Å². The molecule has 1 unspecified atom stereocenters. The van der Waals surface area contributed by atoms with Crippen LogP contribution in [0.1, 0.15) is 11.5 Å². The highest BCUT2D eigenvalue weighted by molar-refractivity contribution is 7.98. The van der Waals surface area contributed by atoms with E-state index >= 15 is 0 Å².